The van der Waals surface area contributed by atoms with Crippen LogP contribution in [0.5, 0.6) is 0 Å². The zero-order valence-electron chi connectivity index (χ0n) is 14.7. The van der Waals surface area contributed by atoms with Gasteiger partial charge >= 0.3 is 6.09 Å². The molecule has 1 aliphatic heterocycles. The van der Waals surface area contributed by atoms with Crippen LogP contribution >= 0.6 is 23.2 Å². The first-order valence-electron chi connectivity index (χ1n) is 8.20. The molecule has 7 nitrogen and oxygen atoms in total. The molecule has 3 rings (SSSR count). The van der Waals surface area contributed by atoms with Crippen molar-refractivity contribution in [3.8, 4) is 0 Å². The van der Waals surface area contributed by atoms with Gasteiger partial charge in [0.25, 0.3) is 0 Å². The van der Waals surface area contributed by atoms with E-state index in [-0.39, 0.29) is 19.0 Å². The number of carbonyl (C=O) groups excluding carboxylic acids is 1. The lowest BCUT2D eigenvalue weighted by Crippen LogP contribution is -2.62. The molecular formula is C17H20Cl2N4O3. The zero-order valence-corrected chi connectivity index (χ0v) is 16.2. The molecule has 140 valence electrons. The number of rotatable bonds is 2. The fourth-order valence-electron chi connectivity index (χ4n) is 3.32. The molecule has 1 fully saturated rings. The molecule has 0 aliphatic carbocycles. The second-order valence-electron chi connectivity index (χ2n) is 7.47. The number of benzene rings is 1. The first kappa shape index (κ1) is 18.8. The molecule has 0 radical (unpaired) electrons. The number of fused-ring (bicyclic) bond motifs is 1. The highest BCUT2D eigenvalue weighted by Gasteiger charge is 2.44. The van der Waals surface area contributed by atoms with Crippen LogP contribution in [0.2, 0.25) is 10.0 Å². The lowest BCUT2D eigenvalue weighted by molar-refractivity contribution is -0.146. The Labute approximate surface area is 160 Å². The maximum absolute atomic E-state index is 13.0. The summed E-state index contributed by atoms with van der Waals surface area (Å²) in [4.78, 5) is 34.9. The predicted octanol–water partition coefficient (Wildman–Crippen LogP) is 3.61. The fraction of sp³-hybridized carbons (Fsp3) is 0.471. The van der Waals surface area contributed by atoms with Gasteiger partial charge in [0, 0.05) is 18.1 Å². The van der Waals surface area contributed by atoms with Crippen molar-refractivity contribution in [3.63, 3.8) is 0 Å². The van der Waals surface area contributed by atoms with Gasteiger partial charge in [-0.15, -0.1) is 0 Å². The van der Waals surface area contributed by atoms with E-state index in [0.717, 1.165) is 0 Å². The smallest absolute Gasteiger partial charge is 0.408 e. The van der Waals surface area contributed by atoms with Crippen molar-refractivity contribution in [1.29, 1.82) is 0 Å². The molecule has 9 heteroatoms. The van der Waals surface area contributed by atoms with Crippen molar-refractivity contribution in [1.82, 2.24) is 19.8 Å². The van der Waals surface area contributed by atoms with E-state index in [0.29, 0.717) is 33.4 Å². The van der Waals surface area contributed by atoms with Crippen LogP contribution in [0.25, 0.3) is 11.0 Å². The van der Waals surface area contributed by atoms with Crippen LogP contribution in [0.4, 0.5) is 4.79 Å². The average molecular weight is 399 g/mol. The van der Waals surface area contributed by atoms with Gasteiger partial charge in [0.05, 0.1) is 17.1 Å². The van der Waals surface area contributed by atoms with Crippen LogP contribution in [0.3, 0.4) is 0 Å². The number of carbonyl (C=O) groups is 2. The third kappa shape index (κ3) is 3.46. The molecule has 1 saturated heterocycles. The Bertz CT molecular complexity index is 875. The fourth-order valence-corrected chi connectivity index (χ4v) is 3.86. The summed E-state index contributed by atoms with van der Waals surface area (Å²) >= 11 is 12.2. The molecule has 1 atom stereocenters. The molecule has 0 spiro atoms. The number of imidazole rings is 1. The number of nitrogens with one attached hydrogen (secondary N) is 1. The molecule has 2 heterocycles. The molecular weight excluding hydrogens is 379 g/mol. The Morgan fingerprint density at radius 1 is 1.35 bits per heavy atom. The van der Waals surface area contributed by atoms with Gasteiger partial charge in [-0.2, -0.15) is 0 Å². The second-order valence-corrected chi connectivity index (χ2v) is 8.32. The van der Waals surface area contributed by atoms with E-state index in [2.05, 4.69) is 9.97 Å². The molecule has 0 bridgehead atoms. The number of piperazine rings is 1. The van der Waals surface area contributed by atoms with Gasteiger partial charge in [-0.1, -0.05) is 44.0 Å². The number of nitrogens with zero attached hydrogens (tertiary/aromatic N) is 3. The summed E-state index contributed by atoms with van der Waals surface area (Å²) in [5, 5.41) is 10.4. The maximum Gasteiger partial charge on any atom is 0.408 e. The quantitative estimate of drug-likeness (QED) is 0.808. The summed E-state index contributed by atoms with van der Waals surface area (Å²) in [5.41, 5.74) is 0.773. The van der Waals surface area contributed by atoms with Crippen LogP contribution in [-0.4, -0.2) is 56.0 Å². The lowest BCUT2D eigenvalue weighted by Gasteiger charge is -2.44. The van der Waals surface area contributed by atoms with E-state index in [9.17, 15) is 14.7 Å². The Morgan fingerprint density at radius 2 is 2.04 bits per heavy atom. The van der Waals surface area contributed by atoms with Gasteiger partial charge in [-0.25, -0.2) is 9.78 Å². The maximum atomic E-state index is 13.0. The number of halogens is 2. The summed E-state index contributed by atoms with van der Waals surface area (Å²) in [7, 11) is 0. The molecule has 1 aromatic carbocycles. The van der Waals surface area contributed by atoms with Crippen molar-refractivity contribution in [3.05, 3.63) is 28.0 Å². The number of hydrogen-bond acceptors (Lipinski definition) is 3. The number of aromatic amines is 1. The minimum atomic E-state index is -1.08. The first-order chi connectivity index (χ1) is 12.1. The molecule has 1 aromatic heterocycles. The van der Waals surface area contributed by atoms with Gasteiger partial charge in [0.2, 0.25) is 5.91 Å². The minimum Gasteiger partial charge on any atom is -0.465 e. The monoisotopic (exact) mass is 398 g/mol. The number of carboxylic acid groups (broad SMARTS) is 1. The van der Waals surface area contributed by atoms with Crippen LogP contribution < -0.4 is 0 Å². The summed E-state index contributed by atoms with van der Waals surface area (Å²) in [5.74, 6) is 0.352. The molecule has 1 aliphatic rings. The van der Waals surface area contributed by atoms with E-state index >= 15 is 0 Å². The van der Waals surface area contributed by atoms with Crippen LogP contribution in [0.1, 0.15) is 26.6 Å². The Kier molecular flexibility index (Phi) is 4.79. The van der Waals surface area contributed by atoms with Crippen molar-refractivity contribution >= 4 is 46.2 Å². The SMILES string of the molecule is CC(C)(C)C1C(=O)N(Cc2nc3c(Cl)cc(Cl)cc3[nH]2)CCN1C(=O)O. The van der Waals surface area contributed by atoms with E-state index in [1.54, 1.807) is 17.0 Å². The molecule has 2 N–H and O–H groups in total. The van der Waals surface area contributed by atoms with E-state index in [1.165, 1.54) is 4.90 Å². The van der Waals surface area contributed by atoms with Crippen molar-refractivity contribution in [2.45, 2.75) is 33.4 Å². The number of amides is 2. The highest BCUT2D eigenvalue weighted by atomic mass is 35.5. The number of hydrogen-bond donors (Lipinski definition) is 2. The van der Waals surface area contributed by atoms with Gasteiger partial charge in [-0.3, -0.25) is 9.69 Å². The minimum absolute atomic E-state index is 0.226. The van der Waals surface area contributed by atoms with Crippen molar-refractivity contribution in [2.24, 2.45) is 5.41 Å². The molecule has 2 aromatic rings. The zero-order chi connectivity index (χ0) is 19.2. The third-order valence-corrected chi connectivity index (χ3v) is 4.93. The molecule has 0 saturated carbocycles. The summed E-state index contributed by atoms with van der Waals surface area (Å²) in [6.07, 6.45) is -1.08. The topological polar surface area (TPSA) is 89.5 Å². The van der Waals surface area contributed by atoms with Gasteiger partial charge in [0.1, 0.15) is 17.4 Å². The van der Waals surface area contributed by atoms with Crippen LogP contribution in [0, 0.1) is 5.41 Å². The van der Waals surface area contributed by atoms with E-state index < -0.39 is 17.6 Å². The largest absolute Gasteiger partial charge is 0.465 e. The molecule has 2 amide bonds. The molecule has 26 heavy (non-hydrogen) atoms. The van der Waals surface area contributed by atoms with Gasteiger partial charge in [-0.05, 0) is 17.5 Å². The Balaban J connectivity index is 1.87. The summed E-state index contributed by atoms with van der Waals surface area (Å²) < 4.78 is 0. The predicted molar refractivity (Wildman–Crippen MR) is 99.5 cm³/mol. The van der Waals surface area contributed by atoms with Gasteiger partial charge in [0.15, 0.2) is 0 Å². The molecule has 1 unspecified atom stereocenters. The number of aromatic nitrogens is 2. The third-order valence-electron chi connectivity index (χ3n) is 4.43. The Morgan fingerprint density at radius 3 is 2.65 bits per heavy atom. The highest BCUT2D eigenvalue weighted by Crippen LogP contribution is 2.30. The highest BCUT2D eigenvalue weighted by molar-refractivity contribution is 6.38. The average Bonchev–Trinajstić information content (AvgIpc) is 2.90. The van der Waals surface area contributed by atoms with E-state index in [1.807, 2.05) is 20.8 Å². The summed E-state index contributed by atoms with van der Waals surface area (Å²) in [6.45, 7) is 6.40. The summed E-state index contributed by atoms with van der Waals surface area (Å²) in [6, 6.07) is 2.60. The standard InChI is InChI=1S/C17H20Cl2N4O3/c1-17(2,3)14-15(24)22(4-5-23(14)16(25)26)8-12-20-11-7-9(18)6-10(19)13(11)21-12/h6-7,14H,4-5,8H2,1-3H3,(H,20,21)(H,25,26). The van der Waals surface area contributed by atoms with Gasteiger partial charge < -0.3 is 15.0 Å². The van der Waals surface area contributed by atoms with Crippen LogP contribution in [-0.2, 0) is 11.3 Å². The second kappa shape index (κ2) is 6.63. The Hall–Kier alpha value is -1.99. The number of H-pyrrole nitrogens is 1. The lowest BCUT2D eigenvalue weighted by atomic mass is 9.83. The van der Waals surface area contributed by atoms with Crippen molar-refractivity contribution in [2.75, 3.05) is 13.1 Å². The first-order valence-corrected chi connectivity index (χ1v) is 8.95. The van der Waals surface area contributed by atoms with Crippen LogP contribution in [0.15, 0.2) is 12.1 Å². The van der Waals surface area contributed by atoms with Crippen molar-refractivity contribution < 1.29 is 14.7 Å². The normalized spacial score (nSPS) is 18.7. The van der Waals surface area contributed by atoms with E-state index in [4.69, 9.17) is 23.2 Å².